The molecule has 5 nitrogen and oxygen atoms in total. The van der Waals surface area contributed by atoms with Gasteiger partial charge in [0.15, 0.2) is 0 Å². The molecule has 0 aromatic heterocycles. The maximum atomic E-state index is 11.1. The molecule has 6 atom stereocenters. The second-order valence-electron chi connectivity index (χ2n) is 10.7. The number of nitrogens with zero attached hydrogens (tertiary/aromatic N) is 2. The van der Waals surface area contributed by atoms with E-state index in [4.69, 9.17) is 5.11 Å². The first kappa shape index (κ1) is 21.1. The number of piperidine rings is 2. The van der Waals surface area contributed by atoms with E-state index in [1.807, 2.05) is 12.1 Å². The summed E-state index contributed by atoms with van der Waals surface area (Å²) in [6.45, 7) is -0.0431. The Morgan fingerprint density at radius 1 is 0.968 bits per heavy atom. The monoisotopic (exact) mass is 425 g/mol. The minimum absolute atomic E-state index is 0.0431. The van der Waals surface area contributed by atoms with Crippen LogP contribution in [0.4, 0.5) is 11.4 Å². The topological polar surface area (TPSA) is 55.8 Å². The van der Waals surface area contributed by atoms with Crippen molar-refractivity contribution in [3.63, 3.8) is 0 Å². The van der Waals surface area contributed by atoms with Crippen LogP contribution in [0.15, 0.2) is 24.3 Å². The van der Waals surface area contributed by atoms with E-state index in [-0.39, 0.29) is 6.54 Å². The van der Waals surface area contributed by atoms with Gasteiger partial charge in [-0.05, 0) is 68.9 Å². The number of benzene rings is 1. The zero-order chi connectivity index (χ0) is 21.4. The molecule has 2 saturated heterocycles. The second kappa shape index (κ2) is 9.01. The molecule has 31 heavy (non-hydrogen) atoms. The fourth-order valence-electron chi connectivity index (χ4n) is 7.54. The van der Waals surface area contributed by atoms with Gasteiger partial charge in [0.2, 0.25) is 0 Å². The molecule has 2 unspecified atom stereocenters. The summed E-state index contributed by atoms with van der Waals surface area (Å²) in [5.41, 5.74) is 2.06. The largest absolute Gasteiger partial charge is 0.480 e. The first-order valence-corrected chi connectivity index (χ1v) is 12.6. The smallest absolute Gasteiger partial charge is 0.322 e. The van der Waals surface area contributed by atoms with E-state index in [2.05, 4.69) is 34.3 Å². The number of rotatable bonds is 6. The Labute approximate surface area is 187 Å². The number of anilines is 2. The number of carbonyl (C=O) groups is 1. The lowest BCUT2D eigenvalue weighted by Gasteiger charge is -2.56. The fourth-order valence-corrected chi connectivity index (χ4v) is 7.54. The van der Waals surface area contributed by atoms with Crippen LogP contribution in [0.25, 0.3) is 0 Å². The quantitative estimate of drug-likeness (QED) is 0.674. The molecule has 1 aromatic carbocycles. The molecular formula is C26H39N3O2. The first-order valence-electron chi connectivity index (χ1n) is 12.6. The first-order chi connectivity index (χ1) is 15.1. The minimum Gasteiger partial charge on any atom is -0.480 e. The standard InChI is InChI=1S/C26H39N3O2/c1-28(25-11-3-2-10-24(25)27-17-26(30)31)22-15-20-8-5-9-21(16-22)29(20)23-13-18-6-4-7-19(12-18)14-23/h2-3,10-11,18-23,27H,4-9,12-17H2,1H3,(H,30,31)/t18-,19+,20-,21+,22?,23?. The number of nitrogens with one attached hydrogen (secondary N) is 1. The van der Waals surface area contributed by atoms with E-state index in [1.165, 1.54) is 70.6 Å². The average Bonchev–Trinajstić information content (AvgIpc) is 2.76. The van der Waals surface area contributed by atoms with Crippen LogP contribution in [0.5, 0.6) is 0 Å². The Kier molecular flexibility index (Phi) is 6.14. The molecule has 1 aromatic rings. The lowest BCUT2D eigenvalue weighted by atomic mass is 9.68. The third-order valence-corrected chi connectivity index (χ3v) is 8.79. The van der Waals surface area contributed by atoms with Crippen molar-refractivity contribution in [3.8, 4) is 0 Å². The highest BCUT2D eigenvalue weighted by Gasteiger charge is 2.45. The highest BCUT2D eigenvalue weighted by molar-refractivity contribution is 5.77. The Bertz CT molecular complexity index is 758. The van der Waals surface area contributed by atoms with Crippen LogP contribution in [0, 0.1) is 11.8 Å². The normalized spacial score (nSPS) is 35.4. The number of fused-ring (bicyclic) bond motifs is 4. The van der Waals surface area contributed by atoms with Crippen molar-refractivity contribution in [2.24, 2.45) is 11.8 Å². The highest BCUT2D eigenvalue weighted by Crippen LogP contribution is 2.46. The molecule has 5 heteroatoms. The molecule has 5 rings (SSSR count). The fraction of sp³-hybridized carbons (Fsp3) is 0.731. The molecule has 4 fully saturated rings. The van der Waals surface area contributed by atoms with Crippen LogP contribution in [0.1, 0.15) is 70.6 Å². The van der Waals surface area contributed by atoms with Crippen molar-refractivity contribution in [2.75, 3.05) is 23.8 Å². The van der Waals surface area contributed by atoms with Crippen molar-refractivity contribution in [3.05, 3.63) is 24.3 Å². The average molecular weight is 426 g/mol. The molecule has 2 saturated carbocycles. The van der Waals surface area contributed by atoms with Crippen molar-refractivity contribution < 1.29 is 9.90 Å². The molecule has 2 N–H and O–H groups in total. The van der Waals surface area contributed by atoms with Crippen LogP contribution in [-0.2, 0) is 4.79 Å². The maximum absolute atomic E-state index is 11.1. The number of carboxylic acid groups (broad SMARTS) is 1. The van der Waals surface area contributed by atoms with Gasteiger partial charge in [0.1, 0.15) is 6.54 Å². The van der Waals surface area contributed by atoms with E-state index in [9.17, 15) is 4.79 Å². The van der Waals surface area contributed by atoms with Crippen LogP contribution < -0.4 is 10.2 Å². The Hall–Kier alpha value is -1.75. The minimum atomic E-state index is -0.822. The molecule has 4 aliphatic rings. The van der Waals surface area contributed by atoms with E-state index in [0.717, 1.165) is 41.3 Å². The molecule has 0 amide bonds. The lowest BCUT2D eigenvalue weighted by molar-refractivity contribution is -0.134. The second-order valence-corrected chi connectivity index (χ2v) is 10.7. The van der Waals surface area contributed by atoms with Gasteiger partial charge in [-0.15, -0.1) is 0 Å². The van der Waals surface area contributed by atoms with Gasteiger partial charge in [-0.3, -0.25) is 9.69 Å². The van der Waals surface area contributed by atoms with Crippen molar-refractivity contribution in [1.29, 1.82) is 0 Å². The Morgan fingerprint density at radius 2 is 1.61 bits per heavy atom. The van der Waals surface area contributed by atoms with Gasteiger partial charge in [-0.1, -0.05) is 37.8 Å². The summed E-state index contributed by atoms with van der Waals surface area (Å²) in [5.74, 6) is 1.16. The van der Waals surface area contributed by atoms with Gasteiger partial charge < -0.3 is 15.3 Å². The van der Waals surface area contributed by atoms with Gasteiger partial charge in [0.25, 0.3) is 0 Å². The molecule has 170 valence electrons. The van der Waals surface area contributed by atoms with Crippen LogP contribution >= 0.6 is 0 Å². The maximum Gasteiger partial charge on any atom is 0.322 e. The number of hydrogen-bond donors (Lipinski definition) is 2. The summed E-state index contributed by atoms with van der Waals surface area (Å²) in [4.78, 5) is 16.5. The number of aliphatic carboxylic acids is 1. The Balaban J connectivity index is 1.30. The predicted molar refractivity (Wildman–Crippen MR) is 126 cm³/mol. The Morgan fingerprint density at radius 3 is 2.29 bits per heavy atom. The molecule has 2 heterocycles. The third-order valence-electron chi connectivity index (χ3n) is 8.79. The molecular weight excluding hydrogens is 386 g/mol. The van der Waals surface area contributed by atoms with E-state index in [1.54, 1.807) is 0 Å². The number of carboxylic acids is 1. The number of hydrogen-bond acceptors (Lipinski definition) is 4. The summed E-state index contributed by atoms with van der Waals surface area (Å²) in [5, 5.41) is 12.2. The van der Waals surface area contributed by atoms with Gasteiger partial charge in [0.05, 0.1) is 11.4 Å². The lowest BCUT2D eigenvalue weighted by Crippen LogP contribution is -2.61. The summed E-state index contributed by atoms with van der Waals surface area (Å²) >= 11 is 0. The van der Waals surface area contributed by atoms with Crippen LogP contribution in [0.3, 0.4) is 0 Å². The van der Waals surface area contributed by atoms with Gasteiger partial charge in [-0.2, -0.15) is 0 Å². The van der Waals surface area contributed by atoms with E-state index in [0.29, 0.717) is 6.04 Å². The van der Waals surface area contributed by atoms with E-state index < -0.39 is 5.97 Å². The van der Waals surface area contributed by atoms with Crippen molar-refractivity contribution >= 4 is 17.3 Å². The number of para-hydroxylation sites is 2. The summed E-state index contributed by atoms with van der Waals surface area (Å²) < 4.78 is 0. The van der Waals surface area contributed by atoms with E-state index >= 15 is 0 Å². The SMILES string of the molecule is CN(c1ccccc1NCC(=O)O)C1C[C@H]2CCC[C@@H](C1)N2C1C[C@H]2CCC[C@@H](C1)C2. The zero-order valence-corrected chi connectivity index (χ0v) is 19.0. The van der Waals surface area contributed by atoms with Crippen molar-refractivity contribution in [1.82, 2.24) is 4.90 Å². The molecule has 2 aliphatic heterocycles. The zero-order valence-electron chi connectivity index (χ0n) is 19.0. The van der Waals surface area contributed by atoms with Gasteiger partial charge in [0, 0.05) is 31.2 Å². The summed E-state index contributed by atoms with van der Waals surface area (Å²) in [7, 11) is 2.21. The molecule has 2 aliphatic carbocycles. The van der Waals surface area contributed by atoms with Gasteiger partial charge in [-0.25, -0.2) is 0 Å². The molecule has 0 radical (unpaired) electrons. The molecule has 0 spiro atoms. The van der Waals surface area contributed by atoms with Crippen molar-refractivity contribution in [2.45, 2.75) is 94.8 Å². The van der Waals surface area contributed by atoms with Crippen LogP contribution in [-0.4, -0.2) is 53.7 Å². The summed E-state index contributed by atoms with van der Waals surface area (Å²) in [6, 6.07) is 11.0. The van der Waals surface area contributed by atoms with Gasteiger partial charge >= 0.3 is 5.97 Å². The van der Waals surface area contributed by atoms with Crippen LogP contribution in [0.2, 0.25) is 0 Å². The molecule has 4 bridgehead atoms. The predicted octanol–water partition coefficient (Wildman–Crippen LogP) is 4.97. The third kappa shape index (κ3) is 4.44. The highest BCUT2D eigenvalue weighted by atomic mass is 16.4. The summed E-state index contributed by atoms with van der Waals surface area (Å²) in [6.07, 6.45) is 15.4.